The fraction of sp³-hybridized carbons (Fsp3) is 0.0833. The summed E-state index contributed by atoms with van der Waals surface area (Å²) < 4.78 is 16.3. The molecule has 0 spiro atoms. The molecular formula is C24H18N2O3. The Kier molecular flexibility index (Phi) is 4.33. The van der Waals surface area contributed by atoms with Crippen LogP contribution in [-0.4, -0.2) is 17.1 Å². The number of fused-ring (bicyclic) bond motifs is 1. The van der Waals surface area contributed by atoms with Crippen molar-refractivity contribution in [3.63, 3.8) is 0 Å². The van der Waals surface area contributed by atoms with Crippen molar-refractivity contribution in [2.24, 2.45) is 0 Å². The molecule has 29 heavy (non-hydrogen) atoms. The summed E-state index contributed by atoms with van der Waals surface area (Å²) in [5, 5.41) is 0.882. The van der Waals surface area contributed by atoms with Gasteiger partial charge in [-0.2, -0.15) is 0 Å². The zero-order chi connectivity index (χ0) is 19.6. The number of hydrogen-bond acceptors (Lipinski definition) is 5. The van der Waals surface area contributed by atoms with Crippen molar-refractivity contribution in [3.8, 4) is 28.3 Å². The van der Waals surface area contributed by atoms with Gasteiger partial charge in [0.2, 0.25) is 5.88 Å². The van der Waals surface area contributed by atoms with Gasteiger partial charge in [0.1, 0.15) is 12.5 Å². The highest BCUT2D eigenvalue weighted by Gasteiger charge is 2.17. The van der Waals surface area contributed by atoms with Crippen molar-refractivity contribution in [2.45, 2.75) is 6.29 Å². The minimum absolute atomic E-state index is 0.391. The number of aromatic nitrogens is 2. The molecule has 4 aromatic rings. The molecule has 0 saturated carbocycles. The number of benzene rings is 2. The van der Waals surface area contributed by atoms with Crippen LogP contribution in [0.3, 0.4) is 0 Å². The summed E-state index contributed by atoms with van der Waals surface area (Å²) in [7, 11) is 1.62. The van der Waals surface area contributed by atoms with E-state index in [-0.39, 0.29) is 0 Å². The van der Waals surface area contributed by atoms with Crippen molar-refractivity contribution in [2.75, 3.05) is 7.11 Å². The average Bonchev–Trinajstić information content (AvgIpc) is 3.33. The summed E-state index contributed by atoms with van der Waals surface area (Å²) in [5.41, 5.74) is 5.80. The Morgan fingerprint density at radius 1 is 0.862 bits per heavy atom. The largest absolute Gasteiger partial charge is 0.481 e. The van der Waals surface area contributed by atoms with Gasteiger partial charge in [-0.15, -0.1) is 0 Å². The quantitative estimate of drug-likeness (QED) is 0.467. The molecule has 0 saturated heterocycles. The standard InChI is InChI=1S/C24H18N2O3/c1-27-23-20-15-19(16-5-3-2-4-6-16)22(26-21(20)11-12-25-23)17-7-9-18(10-8-17)24-28-13-14-29-24/h2-15,24H,1H3. The second kappa shape index (κ2) is 7.28. The molecule has 0 fully saturated rings. The lowest BCUT2D eigenvalue weighted by molar-refractivity contribution is -0.0245. The topological polar surface area (TPSA) is 53.5 Å². The molecule has 1 aliphatic rings. The van der Waals surface area contributed by atoms with Crippen LogP contribution < -0.4 is 4.74 Å². The van der Waals surface area contributed by atoms with Crippen LogP contribution in [-0.2, 0) is 9.47 Å². The second-order valence-corrected chi connectivity index (χ2v) is 6.64. The minimum atomic E-state index is -0.391. The highest BCUT2D eigenvalue weighted by molar-refractivity contribution is 5.93. The van der Waals surface area contributed by atoms with Gasteiger partial charge in [-0.3, -0.25) is 0 Å². The molecular weight excluding hydrogens is 364 g/mol. The van der Waals surface area contributed by atoms with E-state index in [9.17, 15) is 0 Å². The van der Waals surface area contributed by atoms with Crippen molar-refractivity contribution < 1.29 is 14.2 Å². The van der Waals surface area contributed by atoms with Gasteiger partial charge in [0.05, 0.1) is 23.7 Å². The van der Waals surface area contributed by atoms with Gasteiger partial charge in [0.25, 0.3) is 6.29 Å². The van der Waals surface area contributed by atoms with E-state index >= 15 is 0 Å². The van der Waals surface area contributed by atoms with Crippen molar-refractivity contribution in [1.82, 2.24) is 9.97 Å². The van der Waals surface area contributed by atoms with Gasteiger partial charge in [-0.1, -0.05) is 54.6 Å². The maximum absolute atomic E-state index is 5.45. The summed E-state index contributed by atoms with van der Waals surface area (Å²) in [6.07, 6.45) is 4.43. The summed E-state index contributed by atoms with van der Waals surface area (Å²) in [6.45, 7) is 0. The predicted octanol–water partition coefficient (Wildman–Crippen LogP) is 5.49. The highest BCUT2D eigenvalue weighted by atomic mass is 16.7. The van der Waals surface area contributed by atoms with Crippen molar-refractivity contribution in [1.29, 1.82) is 0 Å². The normalized spacial score (nSPS) is 13.3. The van der Waals surface area contributed by atoms with E-state index in [1.54, 1.807) is 25.8 Å². The fourth-order valence-corrected chi connectivity index (χ4v) is 3.49. The number of nitrogens with zero attached hydrogens (tertiary/aromatic N) is 2. The second-order valence-electron chi connectivity index (χ2n) is 6.64. The van der Waals surface area contributed by atoms with E-state index in [0.717, 1.165) is 38.9 Å². The smallest absolute Gasteiger partial charge is 0.266 e. The molecule has 2 aromatic heterocycles. The van der Waals surface area contributed by atoms with E-state index < -0.39 is 6.29 Å². The molecule has 0 amide bonds. The van der Waals surface area contributed by atoms with Gasteiger partial charge in [0, 0.05) is 22.9 Å². The Hall–Kier alpha value is -3.86. The fourth-order valence-electron chi connectivity index (χ4n) is 3.49. The molecule has 0 N–H and O–H groups in total. The number of ether oxygens (including phenoxy) is 3. The van der Waals surface area contributed by atoms with Gasteiger partial charge in [-0.05, 0) is 17.7 Å². The van der Waals surface area contributed by atoms with Crippen LogP contribution in [0.25, 0.3) is 33.3 Å². The Morgan fingerprint density at radius 2 is 1.62 bits per heavy atom. The first kappa shape index (κ1) is 17.3. The third-order valence-electron chi connectivity index (χ3n) is 4.90. The zero-order valence-corrected chi connectivity index (χ0v) is 15.8. The number of methoxy groups -OCH3 is 1. The lowest BCUT2D eigenvalue weighted by atomic mass is 9.97. The van der Waals surface area contributed by atoms with Gasteiger partial charge in [-0.25, -0.2) is 9.97 Å². The third-order valence-corrected chi connectivity index (χ3v) is 4.90. The maximum Gasteiger partial charge on any atom is 0.266 e. The molecule has 2 aromatic carbocycles. The van der Waals surface area contributed by atoms with Gasteiger partial charge >= 0.3 is 0 Å². The SMILES string of the molecule is COc1nccc2nc(-c3ccc(C4OC=CO4)cc3)c(-c3ccccc3)cc12. The van der Waals surface area contributed by atoms with Gasteiger partial charge < -0.3 is 14.2 Å². The molecule has 1 aliphatic heterocycles. The Morgan fingerprint density at radius 3 is 2.34 bits per heavy atom. The zero-order valence-electron chi connectivity index (χ0n) is 15.8. The lowest BCUT2D eigenvalue weighted by Gasteiger charge is -2.14. The van der Waals surface area contributed by atoms with Crippen LogP contribution >= 0.6 is 0 Å². The average molecular weight is 382 g/mol. The van der Waals surface area contributed by atoms with Crippen LogP contribution in [0.15, 0.2) is 85.5 Å². The van der Waals surface area contributed by atoms with Crippen molar-refractivity contribution >= 4 is 10.9 Å². The molecule has 5 heteroatoms. The Bertz CT molecular complexity index is 1180. The van der Waals surface area contributed by atoms with Crippen LogP contribution in [0.2, 0.25) is 0 Å². The van der Waals surface area contributed by atoms with Crippen LogP contribution in [0, 0.1) is 0 Å². The maximum atomic E-state index is 5.45. The molecule has 3 heterocycles. The Labute approximate surface area is 168 Å². The first-order valence-corrected chi connectivity index (χ1v) is 9.29. The summed E-state index contributed by atoms with van der Waals surface area (Å²) in [4.78, 5) is 9.29. The van der Waals surface area contributed by atoms with Crippen LogP contribution in [0.1, 0.15) is 11.9 Å². The first-order valence-electron chi connectivity index (χ1n) is 9.29. The molecule has 5 nitrogen and oxygen atoms in total. The summed E-state index contributed by atoms with van der Waals surface area (Å²) in [6, 6.07) is 22.3. The molecule has 0 unspecified atom stereocenters. The summed E-state index contributed by atoms with van der Waals surface area (Å²) in [5.74, 6) is 0.567. The van der Waals surface area contributed by atoms with Crippen molar-refractivity contribution in [3.05, 3.63) is 91.0 Å². The molecule has 0 bridgehead atoms. The van der Waals surface area contributed by atoms with Crippen LogP contribution in [0.4, 0.5) is 0 Å². The van der Waals surface area contributed by atoms with Gasteiger partial charge in [0.15, 0.2) is 0 Å². The molecule has 5 rings (SSSR count). The van der Waals surface area contributed by atoms with E-state index in [2.05, 4.69) is 23.2 Å². The van der Waals surface area contributed by atoms with E-state index in [1.807, 2.05) is 48.5 Å². The third kappa shape index (κ3) is 3.17. The van der Waals surface area contributed by atoms with E-state index in [4.69, 9.17) is 19.2 Å². The number of hydrogen-bond donors (Lipinski definition) is 0. The van der Waals surface area contributed by atoms with E-state index in [1.165, 1.54) is 0 Å². The number of pyridine rings is 2. The molecule has 0 radical (unpaired) electrons. The molecule has 142 valence electrons. The first-order chi connectivity index (χ1) is 14.3. The summed E-state index contributed by atoms with van der Waals surface area (Å²) >= 11 is 0. The molecule has 0 aliphatic carbocycles. The predicted molar refractivity (Wildman–Crippen MR) is 111 cm³/mol. The number of rotatable bonds is 4. The minimum Gasteiger partial charge on any atom is -0.481 e. The van der Waals surface area contributed by atoms with Crippen LogP contribution in [0.5, 0.6) is 5.88 Å². The molecule has 0 atom stereocenters. The monoisotopic (exact) mass is 382 g/mol. The Balaban J connectivity index is 1.67. The van der Waals surface area contributed by atoms with E-state index in [0.29, 0.717) is 5.88 Å². The lowest BCUT2D eigenvalue weighted by Crippen LogP contribution is -1.98. The highest BCUT2D eigenvalue weighted by Crippen LogP contribution is 2.36.